The summed E-state index contributed by atoms with van der Waals surface area (Å²) in [5.41, 5.74) is 8.80. The Morgan fingerprint density at radius 2 is 1.89 bits per heavy atom. The molecule has 0 amide bonds. The van der Waals surface area contributed by atoms with Crippen LogP contribution < -0.4 is 11.1 Å². The third-order valence-electron chi connectivity index (χ3n) is 4.02. The standard InChI is InChI=1S/C16H26N2/c1-16(2)9-7-15(11-16)18-12-14-5-3-13(4-6-14)8-10-17/h3-6,15,18H,7-12,17H2,1-2H3. The van der Waals surface area contributed by atoms with Crippen molar-refractivity contribution in [1.29, 1.82) is 0 Å². The van der Waals surface area contributed by atoms with Gasteiger partial charge in [-0.15, -0.1) is 0 Å². The molecule has 1 aliphatic rings. The minimum absolute atomic E-state index is 0.530. The lowest BCUT2D eigenvalue weighted by Gasteiger charge is -2.18. The highest BCUT2D eigenvalue weighted by molar-refractivity contribution is 5.22. The Bertz CT molecular complexity index is 367. The molecule has 0 aromatic heterocycles. The SMILES string of the molecule is CC1(C)CCC(NCc2ccc(CCN)cc2)C1. The van der Waals surface area contributed by atoms with Gasteiger partial charge in [-0.05, 0) is 48.8 Å². The lowest BCUT2D eigenvalue weighted by molar-refractivity contribution is 0.364. The maximum absolute atomic E-state index is 5.55. The van der Waals surface area contributed by atoms with E-state index >= 15 is 0 Å². The Balaban J connectivity index is 1.80. The van der Waals surface area contributed by atoms with E-state index in [-0.39, 0.29) is 0 Å². The summed E-state index contributed by atoms with van der Waals surface area (Å²) in [6.07, 6.45) is 4.95. The summed E-state index contributed by atoms with van der Waals surface area (Å²) in [5.74, 6) is 0. The molecule has 100 valence electrons. The van der Waals surface area contributed by atoms with Crippen LogP contribution in [0.5, 0.6) is 0 Å². The summed E-state index contributed by atoms with van der Waals surface area (Å²) in [6.45, 7) is 6.46. The van der Waals surface area contributed by atoms with E-state index in [1.54, 1.807) is 0 Å². The van der Waals surface area contributed by atoms with Crippen LogP contribution in [0.4, 0.5) is 0 Å². The van der Waals surface area contributed by atoms with Crippen LogP contribution >= 0.6 is 0 Å². The zero-order valence-electron chi connectivity index (χ0n) is 11.7. The highest BCUT2D eigenvalue weighted by Crippen LogP contribution is 2.36. The smallest absolute Gasteiger partial charge is 0.0208 e. The minimum atomic E-state index is 0.530. The largest absolute Gasteiger partial charge is 0.330 e. The van der Waals surface area contributed by atoms with E-state index in [4.69, 9.17) is 5.73 Å². The van der Waals surface area contributed by atoms with Gasteiger partial charge in [-0.2, -0.15) is 0 Å². The number of nitrogens with one attached hydrogen (secondary N) is 1. The van der Waals surface area contributed by atoms with Crippen LogP contribution in [0.15, 0.2) is 24.3 Å². The summed E-state index contributed by atoms with van der Waals surface area (Å²) in [4.78, 5) is 0. The van der Waals surface area contributed by atoms with E-state index in [0.29, 0.717) is 11.5 Å². The quantitative estimate of drug-likeness (QED) is 0.838. The summed E-state index contributed by atoms with van der Waals surface area (Å²) in [7, 11) is 0. The molecule has 0 heterocycles. The van der Waals surface area contributed by atoms with E-state index < -0.39 is 0 Å². The average molecular weight is 246 g/mol. The van der Waals surface area contributed by atoms with Gasteiger partial charge in [0.15, 0.2) is 0 Å². The minimum Gasteiger partial charge on any atom is -0.330 e. The zero-order chi connectivity index (χ0) is 13.0. The lowest BCUT2D eigenvalue weighted by atomic mass is 9.92. The molecule has 1 saturated carbocycles. The van der Waals surface area contributed by atoms with Gasteiger partial charge in [0.05, 0.1) is 0 Å². The Morgan fingerprint density at radius 3 is 2.44 bits per heavy atom. The third kappa shape index (κ3) is 3.82. The maximum Gasteiger partial charge on any atom is 0.0208 e. The fourth-order valence-electron chi connectivity index (χ4n) is 2.86. The molecule has 1 fully saturated rings. The molecule has 1 aromatic carbocycles. The van der Waals surface area contributed by atoms with Crippen LogP contribution in [-0.2, 0) is 13.0 Å². The highest BCUT2D eigenvalue weighted by Gasteiger charge is 2.30. The van der Waals surface area contributed by atoms with Crippen molar-refractivity contribution >= 4 is 0 Å². The first-order chi connectivity index (χ1) is 8.59. The first-order valence-corrected chi connectivity index (χ1v) is 7.10. The van der Waals surface area contributed by atoms with Crippen LogP contribution in [0.3, 0.4) is 0 Å². The first-order valence-electron chi connectivity index (χ1n) is 7.10. The second kappa shape index (κ2) is 5.85. The van der Waals surface area contributed by atoms with Crippen molar-refractivity contribution in [1.82, 2.24) is 5.32 Å². The van der Waals surface area contributed by atoms with Gasteiger partial charge in [-0.1, -0.05) is 38.1 Å². The first kappa shape index (κ1) is 13.6. The molecule has 1 unspecified atom stereocenters. The number of nitrogens with two attached hydrogens (primary N) is 1. The summed E-state index contributed by atoms with van der Waals surface area (Å²) in [6, 6.07) is 9.53. The van der Waals surface area contributed by atoms with E-state index in [9.17, 15) is 0 Å². The highest BCUT2D eigenvalue weighted by atomic mass is 14.9. The van der Waals surface area contributed by atoms with E-state index in [2.05, 4.69) is 43.4 Å². The van der Waals surface area contributed by atoms with Crippen molar-refractivity contribution in [2.45, 2.75) is 52.1 Å². The second-order valence-electron chi connectivity index (χ2n) is 6.34. The fraction of sp³-hybridized carbons (Fsp3) is 0.625. The topological polar surface area (TPSA) is 38.0 Å². The number of hydrogen-bond acceptors (Lipinski definition) is 2. The van der Waals surface area contributed by atoms with Gasteiger partial charge >= 0.3 is 0 Å². The van der Waals surface area contributed by atoms with E-state index in [1.165, 1.54) is 30.4 Å². The maximum atomic E-state index is 5.55. The van der Waals surface area contributed by atoms with Gasteiger partial charge < -0.3 is 11.1 Å². The van der Waals surface area contributed by atoms with E-state index in [0.717, 1.165) is 19.5 Å². The summed E-state index contributed by atoms with van der Waals surface area (Å²) >= 11 is 0. The molecule has 2 rings (SSSR count). The molecular weight excluding hydrogens is 220 g/mol. The van der Waals surface area contributed by atoms with Gasteiger partial charge in [0.1, 0.15) is 0 Å². The molecule has 2 nitrogen and oxygen atoms in total. The van der Waals surface area contributed by atoms with Gasteiger partial charge in [-0.3, -0.25) is 0 Å². The van der Waals surface area contributed by atoms with Crippen molar-refractivity contribution in [3.63, 3.8) is 0 Å². The van der Waals surface area contributed by atoms with Gasteiger partial charge in [0, 0.05) is 12.6 Å². The Kier molecular flexibility index (Phi) is 4.41. The van der Waals surface area contributed by atoms with Gasteiger partial charge in [-0.25, -0.2) is 0 Å². The number of hydrogen-bond donors (Lipinski definition) is 2. The Hall–Kier alpha value is -0.860. The van der Waals surface area contributed by atoms with Crippen molar-refractivity contribution in [3.05, 3.63) is 35.4 Å². The normalized spacial score (nSPS) is 22.3. The molecule has 3 N–H and O–H groups in total. The monoisotopic (exact) mass is 246 g/mol. The van der Waals surface area contributed by atoms with Crippen LogP contribution in [0, 0.1) is 5.41 Å². The van der Waals surface area contributed by atoms with Crippen LogP contribution in [0.2, 0.25) is 0 Å². The molecule has 0 aliphatic heterocycles. The Labute approximate surface area is 111 Å². The molecule has 18 heavy (non-hydrogen) atoms. The lowest BCUT2D eigenvalue weighted by Crippen LogP contribution is -2.26. The third-order valence-corrected chi connectivity index (χ3v) is 4.02. The van der Waals surface area contributed by atoms with E-state index in [1.807, 2.05) is 0 Å². The molecular formula is C16H26N2. The van der Waals surface area contributed by atoms with Crippen molar-refractivity contribution in [2.24, 2.45) is 11.1 Å². The predicted molar refractivity (Wildman–Crippen MR) is 77.5 cm³/mol. The van der Waals surface area contributed by atoms with Crippen LogP contribution in [0.1, 0.15) is 44.2 Å². The molecule has 0 bridgehead atoms. The molecule has 0 radical (unpaired) electrons. The number of rotatable bonds is 5. The summed E-state index contributed by atoms with van der Waals surface area (Å²) < 4.78 is 0. The summed E-state index contributed by atoms with van der Waals surface area (Å²) in [5, 5.41) is 3.68. The van der Waals surface area contributed by atoms with Crippen molar-refractivity contribution in [2.75, 3.05) is 6.54 Å². The van der Waals surface area contributed by atoms with Crippen molar-refractivity contribution in [3.8, 4) is 0 Å². The molecule has 0 saturated heterocycles. The van der Waals surface area contributed by atoms with Gasteiger partial charge in [0.25, 0.3) is 0 Å². The van der Waals surface area contributed by atoms with Crippen LogP contribution in [0.25, 0.3) is 0 Å². The Morgan fingerprint density at radius 1 is 1.22 bits per heavy atom. The molecule has 1 aliphatic carbocycles. The predicted octanol–water partition coefficient (Wildman–Crippen LogP) is 2.86. The van der Waals surface area contributed by atoms with Crippen LogP contribution in [-0.4, -0.2) is 12.6 Å². The molecule has 1 atom stereocenters. The van der Waals surface area contributed by atoms with Crippen molar-refractivity contribution < 1.29 is 0 Å². The molecule has 2 heteroatoms. The fourth-order valence-corrected chi connectivity index (χ4v) is 2.86. The molecule has 0 spiro atoms. The average Bonchev–Trinajstić information content (AvgIpc) is 2.69. The van der Waals surface area contributed by atoms with Gasteiger partial charge in [0.2, 0.25) is 0 Å². The number of benzene rings is 1. The molecule has 1 aromatic rings. The second-order valence-corrected chi connectivity index (χ2v) is 6.34. The zero-order valence-corrected chi connectivity index (χ0v) is 11.7.